The summed E-state index contributed by atoms with van der Waals surface area (Å²) >= 11 is 1.45. The van der Waals surface area contributed by atoms with Gasteiger partial charge in [-0.2, -0.15) is 0 Å². The van der Waals surface area contributed by atoms with Crippen molar-refractivity contribution in [2.75, 3.05) is 19.5 Å². The van der Waals surface area contributed by atoms with Crippen LogP contribution in [-0.4, -0.2) is 29.3 Å². The summed E-state index contributed by atoms with van der Waals surface area (Å²) in [6.45, 7) is -0.226. The Hall–Kier alpha value is -3.85. The van der Waals surface area contributed by atoms with Gasteiger partial charge < -0.3 is 14.8 Å². The van der Waals surface area contributed by atoms with E-state index in [1.54, 1.807) is 55.6 Å². The molecule has 0 spiro atoms. The largest absolute Gasteiger partial charge is 0.497 e. The number of thiophene rings is 1. The van der Waals surface area contributed by atoms with Gasteiger partial charge in [0.1, 0.15) is 22.9 Å². The molecule has 0 saturated heterocycles. The number of hydrogen-bond acceptors (Lipinski definition) is 6. The first-order chi connectivity index (χ1) is 17.0. The molecule has 2 heterocycles. The highest BCUT2D eigenvalue weighted by Gasteiger charge is 2.25. The minimum atomic E-state index is -0.560. The van der Waals surface area contributed by atoms with Crippen LogP contribution in [0, 0.1) is 0 Å². The number of aryl methyl sites for hydroxylation is 2. The number of aromatic nitrogens is 2. The zero-order chi connectivity index (χ0) is 24.5. The Kier molecular flexibility index (Phi) is 6.17. The number of methoxy groups -OCH3 is 2. The molecule has 180 valence electrons. The summed E-state index contributed by atoms with van der Waals surface area (Å²) in [5, 5.41) is 3.36. The average Bonchev–Trinajstić information content (AvgIpc) is 3.27. The van der Waals surface area contributed by atoms with Crippen LogP contribution in [0.2, 0.25) is 0 Å². The summed E-state index contributed by atoms with van der Waals surface area (Å²) in [4.78, 5) is 42.1. The zero-order valence-corrected chi connectivity index (χ0v) is 20.3. The van der Waals surface area contributed by atoms with Crippen molar-refractivity contribution in [1.82, 2.24) is 9.13 Å². The van der Waals surface area contributed by atoms with E-state index < -0.39 is 5.69 Å². The van der Waals surface area contributed by atoms with Crippen molar-refractivity contribution in [3.8, 4) is 17.2 Å². The van der Waals surface area contributed by atoms with Gasteiger partial charge in [-0.05, 0) is 55.5 Å². The van der Waals surface area contributed by atoms with Crippen LogP contribution >= 0.6 is 11.3 Å². The van der Waals surface area contributed by atoms with Crippen LogP contribution in [0.15, 0.2) is 58.1 Å². The van der Waals surface area contributed by atoms with Crippen molar-refractivity contribution in [3.05, 3.63) is 79.8 Å². The Balaban J connectivity index is 1.65. The lowest BCUT2D eigenvalue weighted by Crippen LogP contribution is -2.40. The van der Waals surface area contributed by atoms with Crippen molar-refractivity contribution >= 4 is 33.1 Å². The van der Waals surface area contributed by atoms with Gasteiger partial charge in [0.05, 0.1) is 25.3 Å². The van der Waals surface area contributed by atoms with Gasteiger partial charge >= 0.3 is 5.69 Å². The van der Waals surface area contributed by atoms with Crippen LogP contribution < -0.4 is 26.0 Å². The molecule has 0 unspecified atom stereocenters. The molecule has 0 saturated carbocycles. The highest BCUT2D eigenvalue weighted by Crippen LogP contribution is 2.34. The van der Waals surface area contributed by atoms with E-state index in [1.165, 1.54) is 23.0 Å². The van der Waals surface area contributed by atoms with Crippen molar-refractivity contribution < 1.29 is 14.3 Å². The lowest BCUT2D eigenvalue weighted by molar-refractivity contribution is -0.116. The van der Waals surface area contributed by atoms with E-state index in [2.05, 4.69) is 5.32 Å². The molecule has 0 radical (unpaired) electrons. The fourth-order valence-electron chi connectivity index (χ4n) is 4.53. The molecule has 1 amide bonds. The Morgan fingerprint density at radius 1 is 1.00 bits per heavy atom. The van der Waals surface area contributed by atoms with E-state index in [-0.39, 0.29) is 18.0 Å². The molecule has 1 aliphatic rings. The fraction of sp³-hybridized carbons (Fsp3) is 0.269. The van der Waals surface area contributed by atoms with Crippen molar-refractivity contribution in [1.29, 1.82) is 0 Å². The molecule has 9 heteroatoms. The van der Waals surface area contributed by atoms with E-state index in [1.807, 2.05) is 0 Å². The van der Waals surface area contributed by atoms with Crippen LogP contribution in [0.25, 0.3) is 15.9 Å². The van der Waals surface area contributed by atoms with E-state index in [4.69, 9.17) is 9.47 Å². The van der Waals surface area contributed by atoms with E-state index >= 15 is 0 Å². The molecule has 1 N–H and O–H groups in total. The first-order valence-corrected chi connectivity index (χ1v) is 12.2. The summed E-state index contributed by atoms with van der Waals surface area (Å²) in [5.41, 5.74) is 1.04. The number of ether oxygens (including phenoxy) is 2. The molecule has 0 fully saturated rings. The molecule has 35 heavy (non-hydrogen) atoms. The lowest BCUT2D eigenvalue weighted by Gasteiger charge is -2.14. The number of fused-ring (bicyclic) bond motifs is 3. The maximum absolute atomic E-state index is 13.7. The van der Waals surface area contributed by atoms with Crippen LogP contribution in [-0.2, 0) is 24.2 Å². The number of amides is 1. The first-order valence-electron chi connectivity index (χ1n) is 11.4. The van der Waals surface area contributed by atoms with Gasteiger partial charge in [0, 0.05) is 22.7 Å². The topological polar surface area (TPSA) is 91.6 Å². The van der Waals surface area contributed by atoms with Crippen molar-refractivity contribution in [3.63, 3.8) is 0 Å². The number of carbonyl (C=O) groups is 1. The van der Waals surface area contributed by atoms with Gasteiger partial charge in [0.25, 0.3) is 5.56 Å². The van der Waals surface area contributed by atoms with Gasteiger partial charge in [-0.1, -0.05) is 12.1 Å². The molecular weight excluding hydrogens is 466 g/mol. The fourth-order valence-corrected chi connectivity index (χ4v) is 5.90. The van der Waals surface area contributed by atoms with Crippen LogP contribution in [0.4, 0.5) is 5.69 Å². The summed E-state index contributed by atoms with van der Waals surface area (Å²) in [6.07, 6.45) is 3.70. The van der Waals surface area contributed by atoms with Gasteiger partial charge in [-0.15, -0.1) is 11.3 Å². The second-order valence-corrected chi connectivity index (χ2v) is 9.47. The third kappa shape index (κ3) is 4.23. The highest BCUT2D eigenvalue weighted by molar-refractivity contribution is 7.18. The number of rotatable bonds is 6. The number of carbonyl (C=O) groups excluding carboxylic acids is 1. The zero-order valence-electron chi connectivity index (χ0n) is 19.5. The molecule has 2 aromatic carbocycles. The second kappa shape index (κ2) is 9.42. The molecule has 0 atom stereocenters. The molecule has 4 aromatic rings. The molecule has 1 aliphatic carbocycles. The number of benzene rings is 2. The third-order valence-electron chi connectivity index (χ3n) is 6.20. The van der Waals surface area contributed by atoms with Crippen LogP contribution in [0.1, 0.15) is 23.3 Å². The molecule has 0 bridgehead atoms. The Morgan fingerprint density at radius 2 is 1.71 bits per heavy atom. The van der Waals surface area contributed by atoms with Gasteiger partial charge in [0.15, 0.2) is 0 Å². The van der Waals surface area contributed by atoms with Crippen molar-refractivity contribution in [2.24, 2.45) is 0 Å². The Morgan fingerprint density at radius 3 is 2.49 bits per heavy atom. The van der Waals surface area contributed by atoms with E-state index in [0.717, 1.165) is 40.7 Å². The molecular formula is C26H25N3O5S. The number of nitrogens with one attached hydrogen (secondary N) is 1. The summed E-state index contributed by atoms with van der Waals surface area (Å²) in [7, 11) is 3.08. The predicted octanol–water partition coefficient (Wildman–Crippen LogP) is 3.75. The van der Waals surface area contributed by atoms with Gasteiger partial charge in [-0.25, -0.2) is 9.36 Å². The summed E-state index contributed by atoms with van der Waals surface area (Å²) < 4.78 is 13.1. The Labute approximate surface area is 205 Å². The van der Waals surface area contributed by atoms with Crippen LogP contribution in [0.5, 0.6) is 11.5 Å². The predicted molar refractivity (Wildman–Crippen MR) is 136 cm³/mol. The molecule has 2 aromatic heterocycles. The van der Waals surface area contributed by atoms with E-state index in [9.17, 15) is 14.4 Å². The summed E-state index contributed by atoms with van der Waals surface area (Å²) in [5.74, 6) is 0.771. The standard InChI is InChI=1S/C26H25N3O5S/c1-33-18-9-5-7-16(13-18)27-22(30)15-28-25-23(20-11-3-4-12-21(20)35-25)24(31)29(26(28)32)17-8-6-10-19(14-17)34-2/h5-10,13-14H,3-4,11-12,15H2,1-2H3,(H,27,30). The number of anilines is 1. The molecule has 0 aliphatic heterocycles. The maximum Gasteiger partial charge on any atom is 0.337 e. The normalized spacial score (nSPS) is 12.9. The monoisotopic (exact) mass is 491 g/mol. The third-order valence-corrected chi connectivity index (χ3v) is 7.52. The summed E-state index contributed by atoms with van der Waals surface area (Å²) in [6, 6.07) is 13.8. The Bertz CT molecular complexity index is 1550. The molecule has 8 nitrogen and oxygen atoms in total. The average molecular weight is 492 g/mol. The second-order valence-electron chi connectivity index (χ2n) is 8.38. The quantitative estimate of drug-likeness (QED) is 0.444. The minimum absolute atomic E-state index is 0.226. The van der Waals surface area contributed by atoms with Crippen molar-refractivity contribution in [2.45, 2.75) is 32.2 Å². The highest BCUT2D eigenvalue weighted by atomic mass is 32.1. The van der Waals surface area contributed by atoms with E-state index in [0.29, 0.717) is 33.1 Å². The lowest BCUT2D eigenvalue weighted by atomic mass is 9.97. The number of nitrogens with zero attached hydrogens (tertiary/aromatic N) is 2. The smallest absolute Gasteiger partial charge is 0.337 e. The minimum Gasteiger partial charge on any atom is -0.497 e. The molecule has 5 rings (SSSR count). The first kappa shape index (κ1) is 22.9. The maximum atomic E-state index is 13.7. The SMILES string of the molecule is COc1cccc(NC(=O)Cn2c(=O)n(-c3cccc(OC)c3)c(=O)c3c4c(sc32)CCCC4)c1. The van der Waals surface area contributed by atoms with Gasteiger partial charge in [-0.3, -0.25) is 14.2 Å². The van der Waals surface area contributed by atoms with Crippen LogP contribution in [0.3, 0.4) is 0 Å². The van der Waals surface area contributed by atoms with Gasteiger partial charge in [0.2, 0.25) is 5.91 Å². The number of hydrogen-bond donors (Lipinski definition) is 1.